The Kier molecular flexibility index (Phi) is 6.35. The largest absolute Gasteiger partial charge is 0.351 e. The van der Waals surface area contributed by atoms with E-state index in [-0.39, 0.29) is 25.0 Å². The predicted octanol–water partition coefficient (Wildman–Crippen LogP) is -0.117. The number of carbonyl (C=O) groups excluding carboxylic acids is 3. The van der Waals surface area contributed by atoms with Gasteiger partial charge < -0.3 is 21.3 Å². The summed E-state index contributed by atoms with van der Waals surface area (Å²) >= 11 is 0. The zero-order chi connectivity index (χ0) is 18.4. The highest BCUT2D eigenvalue weighted by atomic mass is 16.2. The van der Waals surface area contributed by atoms with Gasteiger partial charge >= 0.3 is 6.03 Å². The first kappa shape index (κ1) is 18.7. The van der Waals surface area contributed by atoms with Crippen LogP contribution in [0.1, 0.15) is 22.8 Å². The number of nitrogens with zero attached hydrogens (tertiary/aromatic N) is 2. The van der Waals surface area contributed by atoms with E-state index in [4.69, 9.17) is 5.73 Å². The minimum Gasteiger partial charge on any atom is -0.351 e. The van der Waals surface area contributed by atoms with E-state index in [1.165, 1.54) is 9.80 Å². The molecule has 8 heteroatoms. The molecule has 1 heterocycles. The Balaban J connectivity index is 2.26. The molecule has 1 aromatic rings. The molecule has 0 aliphatic carbocycles. The second kappa shape index (κ2) is 8.48. The number of amides is 4. The van der Waals surface area contributed by atoms with Gasteiger partial charge in [0, 0.05) is 38.3 Å². The molecule has 2 rings (SSSR count). The zero-order valence-electron chi connectivity index (χ0n) is 14.6. The lowest BCUT2D eigenvalue weighted by Crippen LogP contribution is -2.56. The van der Waals surface area contributed by atoms with Crippen LogP contribution in [0.4, 0.5) is 4.79 Å². The van der Waals surface area contributed by atoms with Crippen LogP contribution in [0.25, 0.3) is 0 Å². The normalized spacial score (nSPS) is 16.7. The lowest BCUT2D eigenvalue weighted by atomic mass is 10.1. The summed E-state index contributed by atoms with van der Waals surface area (Å²) in [6.07, 6.45) is -0.980. The van der Waals surface area contributed by atoms with Crippen LogP contribution < -0.4 is 16.4 Å². The smallest absolute Gasteiger partial charge is 0.319 e. The van der Waals surface area contributed by atoms with Crippen molar-refractivity contribution < 1.29 is 14.4 Å². The summed E-state index contributed by atoms with van der Waals surface area (Å²) in [6, 6.07) is 6.80. The lowest BCUT2D eigenvalue weighted by molar-refractivity contribution is -0.127. The van der Waals surface area contributed by atoms with E-state index in [0.717, 1.165) is 5.56 Å². The van der Waals surface area contributed by atoms with E-state index in [1.54, 1.807) is 25.1 Å². The van der Waals surface area contributed by atoms with Crippen molar-refractivity contribution in [2.45, 2.75) is 20.0 Å². The van der Waals surface area contributed by atoms with Crippen molar-refractivity contribution in [3.63, 3.8) is 0 Å². The van der Waals surface area contributed by atoms with Gasteiger partial charge in [-0.05, 0) is 26.0 Å². The van der Waals surface area contributed by atoms with Crippen molar-refractivity contribution in [1.29, 1.82) is 0 Å². The number of urea groups is 1. The van der Waals surface area contributed by atoms with Gasteiger partial charge in [0.2, 0.25) is 0 Å². The van der Waals surface area contributed by atoms with Gasteiger partial charge in [-0.1, -0.05) is 17.7 Å². The van der Waals surface area contributed by atoms with Crippen LogP contribution in [0.3, 0.4) is 0 Å². The van der Waals surface area contributed by atoms with Crippen molar-refractivity contribution in [1.82, 2.24) is 20.4 Å². The Bertz CT molecular complexity index is 649. The molecule has 136 valence electrons. The highest BCUT2D eigenvalue weighted by molar-refractivity contribution is 5.99. The summed E-state index contributed by atoms with van der Waals surface area (Å²) in [5.41, 5.74) is 6.88. The van der Waals surface area contributed by atoms with E-state index < -0.39 is 12.1 Å². The van der Waals surface area contributed by atoms with Crippen LogP contribution in [-0.4, -0.2) is 66.5 Å². The third kappa shape index (κ3) is 4.27. The molecule has 0 radical (unpaired) electrons. The standard InChI is InChI=1S/C17H25N5O3/c1-3-19-17(25)22-10-9-21(15(22)14(23)20-8-7-18)16(24)13-6-4-5-12(2)11-13/h4-6,11,15H,3,7-10,18H2,1-2H3,(H,19,25)(H,20,23). The molecule has 1 unspecified atom stereocenters. The molecule has 0 bridgehead atoms. The summed E-state index contributed by atoms with van der Waals surface area (Å²) in [6.45, 7) is 5.30. The number of benzene rings is 1. The molecule has 1 fully saturated rings. The average molecular weight is 347 g/mol. The van der Waals surface area contributed by atoms with Crippen LogP contribution in [0, 0.1) is 6.92 Å². The maximum absolute atomic E-state index is 12.9. The van der Waals surface area contributed by atoms with Crippen molar-refractivity contribution in [2.75, 3.05) is 32.7 Å². The topological polar surface area (TPSA) is 108 Å². The van der Waals surface area contributed by atoms with Gasteiger partial charge in [-0.2, -0.15) is 0 Å². The molecule has 0 saturated carbocycles. The predicted molar refractivity (Wildman–Crippen MR) is 93.8 cm³/mol. The molecule has 4 N–H and O–H groups in total. The fourth-order valence-electron chi connectivity index (χ4n) is 2.82. The van der Waals surface area contributed by atoms with Gasteiger partial charge in [0.15, 0.2) is 6.17 Å². The van der Waals surface area contributed by atoms with Gasteiger partial charge in [-0.3, -0.25) is 14.5 Å². The van der Waals surface area contributed by atoms with E-state index >= 15 is 0 Å². The van der Waals surface area contributed by atoms with Crippen LogP contribution in [0.15, 0.2) is 24.3 Å². The van der Waals surface area contributed by atoms with Crippen molar-refractivity contribution in [3.05, 3.63) is 35.4 Å². The third-order valence-corrected chi connectivity index (χ3v) is 3.97. The summed E-state index contributed by atoms with van der Waals surface area (Å²) in [7, 11) is 0. The van der Waals surface area contributed by atoms with Crippen molar-refractivity contribution in [3.8, 4) is 0 Å². The first-order valence-corrected chi connectivity index (χ1v) is 8.39. The van der Waals surface area contributed by atoms with Crippen LogP contribution in [-0.2, 0) is 4.79 Å². The van der Waals surface area contributed by atoms with Gasteiger partial charge in [0.1, 0.15) is 0 Å². The highest BCUT2D eigenvalue weighted by Gasteiger charge is 2.42. The zero-order valence-corrected chi connectivity index (χ0v) is 14.6. The van der Waals surface area contributed by atoms with E-state index in [9.17, 15) is 14.4 Å². The van der Waals surface area contributed by atoms with Gasteiger partial charge in [0.25, 0.3) is 11.8 Å². The van der Waals surface area contributed by atoms with Crippen molar-refractivity contribution >= 4 is 17.8 Å². The fraction of sp³-hybridized carbons (Fsp3) is 0.471. The summed E-state index contributed by atoms with van der Waals surface area (Å²) in [5, 5.41) is 5.35. The molecule has 25 heavy (non-hydrogen) atoms. The maximum atomic E-state index is 12.9. The summed E-state index contributed by atoms with van der Waals surface area (Å²) < 4.78 is 0. The molecular formula is C17H25N5O3. The average Bonchev–Trinajstić information content (AvgIpc) is 3.04. The highest BCUT2D eigenvalue weighted by Crippen LogP contribution is 2.19. The first-order valence-electron chi connectivity index (χ1n) is 8.39. The Morgan fingerprint density at radius 2 is 1.92 bits per heavy atom. The van der Waals surface area contributed by atoms with E-state index in [0.29, 0.717) is 25.2 Å². The second-order valence-electron chi connectivity index (χ2n) is 5.85. The minimum atomic E-state index is -0.980. The number of nitrogens with one attached hydrogen (secondary N) is 2. The van der Waals surface area contributed by atoms with Crippen LogP contribution >= 0.6 is 0 Å². The van der Waals surface area contributed by atoms with E-state index in [1.807, 2.05) is 13.0 Å². The Hall–Kier alpha value is -2.61. The first-order chi connectivity index (χ1) is 12.0. The van der Waals surface area contributed by atoms with Crippen LogP contribution in [0.5, 0.6) is 0 Å². The molecule has 0 spiro atoms. The minimum absolute atomic E-state index is 0.275. The Morgan fingerprint density at radius 1 is 1.20 bits per heavy atom. The molecule has 1 aliphatic rings. The van der Waals surface area contributed by atoms with Gasteiger partial charge in [-0.25, -0.2) is 4.79 Å². The molecule has 1 atom stereocenters. The lowest BCUT2D eigenvalue weighted by Gasteiger charge is -2.29. The molecule has 1 aliphatic heterocycles. The number of carbonyl (C=O) groups is 3. The number of hydrogen-bond donors (Lipinski definition) is 3. The Morgan fingerprint density at radius 3 is 2.56 bits per heavy atom. The van der Waals surface area contributed by atoms with Crippen molar-refractivity contribution in [2.24, 2.45) is 5.73 Å². The number of hydrogen-bond acceptors (Lipinski definition) is 4. The van der Waals surface area contributed by atoms with Gasteiger partial charge in [0.05, 0.1) is 0 Å². The molecule has 1 saturated heterocycles. The Labute approximate surface area is 147 Å². The summed E-state index contributed by atoms with van der Waals surface area (Å²) in [5.74, 6) is -0.682. The SMILES string of the molecule is CCNC(=O)N1CCN(C(=O)c2cccc(C)c2)C1C(=O)NCCN. The fourth-order valence-corrected chi connectivity index (χ4v) is 2.82. The molecule has 0 aromatic heterocycles. The third-order valence-electron chi connectivity index (χ3n) is 3.97. The summed E-state index contributed by atoms with van der Waals surface area (Å²) in [4.78, 5) is 40.5. The number of nitrogens with two attached hydrogens (primary N) is 1. The number of aryl methyl sites for hydroxylation is 1. The molecule has 4 amide bonds. The monoisotopic (exact) mass is 347 g/mol. The molecule has 8 nitrogen and oxygen atoms in total. The van der Waals surface area contributed by atoms with Crippen LogP contribution in [0.2, 0.25) is 0 Å². The number of rotatable bonds is 5. The van der Waals surface area contributed by atoms with Gasteiger partial charge in [-0.15, -0.1) is 0 Å². The molecule has 1 aromatic carbocycles. The van der Waals surface area contributed by atoms with E-state index in [2.05, 4.69) is 10.6 Å². The quantitative estimate of drug-likeness (QED) is 0.690. The maximum Gasteiger partial charge on any atom is 0.319 e. The molecular weight excluding hydrogens is 322 g/mol. The second-order valence-corrected chi connectivity index (χ2v) is 5.85.